The average molecular weight is 461 g/mol. The van der Waals surface area contributed by atoms with Gasteiger partial charge in [0.15, 0.2) is 0 Å². The van der Waals surface area contributed by atoms with Crippen molar-refractivity contribution in [3.8, 4) is 5.75 Å². The zero-order chi connectivity index (χ0) is 22.8. The number of aromatic nitrogens is 1. The minimum absolute atomic E-state index is 0.0991. The Morgan fingerprint density at radius 1 is 1.00 bits per heavy atom. The van der Waals surface area contributed by atoms with Crippen LogP contribution < -0.4 is 4.74 Å². The summed E-state index contributed by atoms with van der Waals surface area (Å²) in [4.78, 5) is 4.50. The van der Waals surface area contributed by atoms with E-state index in [4.69, 9.17) is 4.74 Å². The number of nitrogens with one attached hydrogen (secondary N) is 1. The van der Waals surface area contributed by atoms with Crippen LogP contribution in [0.5, 0.6) is 5.75 Å². The molecule has 0 spiro atoms. The second-order valence-electron chi connectivity index (χ2n) is 8.76. The molecule has 1 aliphatic heterocycles. The first-order chi connectivity index (χ1) is 16.2. The van der Waals surface area contributed by atoms with E-state index in [-0.39, 0.29) is 6.04 Å². The lowest BCUT2D eigenvalue weighted by Gasteiger charge is -2.35. The fourth-order valence-corrected chi connectivity index (χ4v) is 6.77. The summed E-state index contributed by atoms with van der Waals surface area (Å²) in [6, 6.07) is 20.9. The van der Waals surface area contributed by atoms with E-state index in [9.17, 15) is 4.21 Å². The number of unbranched alkanes of at least 4 members (excludes halogenated alkanes) is 2. The molecule has 0 fully saturated rings. The number of aromatic amines is 1. The molecule has 0 amide bonds. The van der Waals surface area contributed by atoms with Crippen LogP contribution in [0.25, 0.3) is 21.7 Å². The van der Waals surface area contributed by atoms with Crippen molar-refractivity contribution in [2.75, 3.05) is 13.2 Å². The predicted molar refractivity (Wildman–Crippen MR) is 137 cm³/mol. The SMILES string of the molecule is CCCCCC1c2[nH]c3ccccc3c2CCN1S(=O)c1c(OCC)ccc2ccccc12. The van der Waals surface area contributed by atoms with Crippen LogP contribution in [0.4, 0.5) is 0 Å². The van der Waals surface area contributed by atoms with Gasteiger partial charge in [-0.05, 0) is 42.8 Å². The zero-order valence-corrected chi connectivity index (χ0v) is 20.3. The molecule has 33 heavy (non-hydrogen) atoms. The number of benzene rings is 3. The summed E-state index contributed by atoms with van der Waals surface area (Å²) < 4.78 is 22.5. The summed E-state index contributed by atoms with van der Waals surface area (Å²) in [7, 11) is -1.33. The van der Waals surface area contributed by atoms with E-state index in [1.165, 1.54) is 35.0 Å². The Kier molecular flexibility index (Phi) is 6.52. The van der Waals surface area contributed by atoms with Crippen LogP contribution in [0, 0.1) is 0 Å². The lowest BCUT2D eigenvalue weighted by Crippen LogP contribution is -2.37. The van der Waals surface area contributed by atoms with Crippen molar-refractivity contribution in [1.82, 2.24) is 9.29 Å². The second kappa shape index (κ2) is 9.70. The van der Waals surface area contributed by atoms with Crippen LogP contribution in [0.15, 0.2) is 65.6 Å². The van der Waals surface area contributed by atoms with Crippen molar-refractivity contribution >= 4 is 32.7 Å². The third kappa shape index (κ3) is 4.09. The van der Waals surface area contributed by atoms with Crippen molar-refractivity contribution < 1.29 is 8.95 Å². The Bertz CT molecular complexity index is 1300. The van der Waals surface area contributed by atoms with Crippen LogP contribution in [-0.4, -0.2) is 26.6 Å². The Balaban J connectivity index is 1.60. The van der Waals surface area contributed by atoms with Crippen LogP contribution in [-0.2, 0) is 17.4 Å². The lowest BCUT2D eigenvalue weighted by molar-refractivity contribution is 0.295. The van der Waals surface area contributed by atoms with E-state index in [1.54, 1.807) is 0 Å². The van der Waals surface area contributed by atoms with Crippen molar-refractivity contribution in [3.63, 3.8) is 0 Å². The van der Waals surface area contributed by atoms with Gasteiger partial charge in [0.25, 0.3) is 0 Å². The Hall–Kier alpha value is -2.63. The quantitative estimate of drug-likeness (QED) is 0.290. The standard InChI is InChI=1S/C28H32N2O2S/c1-3-5-6-15-25-27-23(22-13-9-10-14-24(22)29-27)18-19-30(25)33(31)28-21-12-8-7-11-20(21)16-17-26(28)32-4-2/h7-14,16-17,25,29H,3-6,15,18-19H2,1-2H3. The highest BCUT2D eigenvalue weighted by atomic mass is 32.2. The van der Waals surface area contributed by atoms with Gasteiger partial charge < -0.3 is 9.72 Å². The van der Waals surface area contributed by atoms with Gasteiger partial charge in [-0.15, -0.1) is 0 Å². The molecule has 2 atom stereocenters. The summed E-state index contributed by atoms with van der Waals surface area (Å²) in [6.07, 6.45) is 5.37. The lowest BCUT2D eigenvalue weighted by atomic mass is 9.95. The predicted octanol–water partition coefficient (Wildman–Crippen LogP) is 6.92. The average Bonchev–Trinajstić information content (AvgIpc) is 3.23. The van der Waals surface area contributed by atoms with Gasteiger partial charge in [0.2, 0.25) is 0 Å². The number of hydrogen-bond acceptors (Lipinski definition) is 2. The molecule has 0 bridgehead atoms. The van der Waals surface area contributed by atoms with Crippen molar-refractivity contribution in [2.24, 2.45) is 0 Å². The summed E-state index contributed by atoms with van der Waals surface area (Å²) >= 11 is 0. The maximum atomic E-state index is 14.3. The van der Waals surface area contributed by atoms with Gasteiger partial charge in [0.1, 0.15) is 21.6 Å². The molecule has 1 aromatic heterocycles. The molecule has 0 radical (unpaired) electrons. The molecule has 5 rings (SSSR count). The molecule has 2 heterocycles. The van der Waals surface area contributed by atoms with E-state index < -0.39 is 11.0 Å². The monoisotopic (exact) mass is 460 g/mol. The topological polar surface area (TPSA) is 45.3 Å². The molecule has 3 aromatic carbocycles. The molecule has 172 valence electrons. The molecular weight excluding hydrogens is 428 g/mol. The van der Waals surface area contributed by atoms with Gasteiger partial charge in [-0.1, -0.05) is 74.7 Å². The molecule has 4 nitrogen and oxygen atoms in total. The molecule has 0 aliphatic carbocycles. The largest absolute Gasteiger partial charge is 0.493 e. The molecular formula is C28H32N2O2S. The molecule has 5 heteroatoms. The van der Waals surface area contributed by atoms with E-state index in [2.05, 4.69) is 58.7 Å². The summed E-state index contributed by atoms with van der Waals surface area (Å²) in [5.41, 5.74) is 3.81. The normalized spacial score (nSPS) is 17.3. The summed E-state index contributed by atoms with van der Waals surface area (Å²) in [5.74, 6) is 0.726. The van der Waals surface area contributed by atoms with Crippen LogP contribution in [0.2, 0.25) is 0 Å². The first kappa shape index (κ1) is 22.2. The Labute approximate surface area is 198 Å². The van der Waals surface area contributed by atoms with Gasteiger partial charge in [0.05, 0.1) is 12.6 Å². The Morgan fingerprint density at radius 3 is 2.61 bits per heavy atom. The number of fused-ring (bicyclic) bond motifs is 4. The second-order valence-corrected chi connectivity index (χ2v) is 10.1. The number of para-hydroxylation sites is 1. The minimum Gasteiger partial charge on any atom is -0.493 e. The van der Waals surface area contributed by atoms with E-state index in [0.717, 1.165) is 47.2 Å². The maximum Gasteiger partial charge on any atom is 0.137 e. The number of rotatable bonds is 8. The van der Waals surface area contributed by atoms with Gasteiger partial charge in [-0.2, -0.15) is 0 Å². The third-order valence-electron chi connectivity index (χ3n) is 6.72. The fourth-order valence-electron chi connectivity index (χ4n) is 5.16. The molecule has 1 N–H and O–H groups in total. The van der Waals surface area contributed by atoms with Gasteiger partial charge in [-0.25, -0.2) is 8.51 Å². The van der Waals surface area contributed by atoms with E-state index >= 15 is 0 Å². The first-order valence-electron chi connectivity index (χ1n) is 12.2. The number of ether oxygens (including phenoxy) is 1. The minimum atomic E-state index is -1.33. The summed E-state index contributed by atoms with van der Waals surface area (Å²) in [5, 5.41) is 3.41. The van der Waals surface area contributed by atoms with E-state index in [1.807, 2.05) is 25.1 Å². The van der Waals surface area contributed by atoms with Crippen molar-refractivity contribution in [1.29, 1.82) is 0 Å². The number of nitrogens with zero attached hydrogens (tertiary/aromatic N) is 1. The first-order valence-corrected chi connectivity index (χ1v) is 13.3. The van der Waals surface area contributed by atoms with Crippen molar-refractivity contribution in [3.05, 3.63) is 71.9 Å². The zero-order valence-electron chi connectivity index (χ0n) is 19.5. The Morgan fingerprint density at radius 2 is 1.79 bits per heavy atom. The highest BCUT2D eigenvalue weighted by Gasteiger charge is 2.35. The van der Waals surface area contributed by atoms with Crippen molar-refractivity contribution in [2.45, 2.75) is 56.9 Å². The number of hydrogen-bond donors (Lipinski definition) is 1. The molecule has 4 aromatic rings. The third-order valence-corrected chi connectivity index (χ3v) is 8.36. The van der Waals surface area contributed by atoms with Gasteiger partial charge in [-0.3, -0.25) is 0 Å². The highest BCUT2D eigenvalue weighted by molar-refractivity contribution is 7.83. The molecule has 0 saturated heterocycles. The van der Waals surface area contributed by atoms with Crippen LogP contribution in [0.1, 0.15) is 56.8 Å². The smallest absolute Gasteiger partial charge is 0.137 e. The molecule has 2 unspecified atom stereocenters. The van der Waals surface area contributed by atoms with E-state index in [0.29, 0.717) is 6.61 Å². The van der Waals surface area contributed by atoms with Crippen LogP contribution in [0.3, 0.4) is 0 Å². The molecule has 1 aliphatic rings. The number of H-pyrrole nitrogens is 1. The maximum absolute atomic E-state index is 14.3. The fraction of sp³-hybridized carbons (Fsp3) is 0.357. The van der Waals surface area contributed by atoms with Gasteiger partial charge >= 0.3 is 0 Å². The van der Waals surface area contributed by atoms with Gasteiger partial charge in [0, 0.05) is 28.5 Å². The van der Waals surface area contributed by atoms with Crippen LogP contribution >= 0.6 is 0 Å². The highest BCUT2D eigenvalue weighted by Crippen LogP contribution is 2.41. The molecule has 0 saturated carbocycles. The summed E-state index contributed by atoms with van der Waals surface area (Å²) in [6.45, 7) is 5.53.